The van der Waals surface area contributed by atoms with Crippen LogP contribution in [0.2, 0.25) is 0 Å². The highest BCUT2D eigenvalue weighted by molar-refractivity contribution is 6.06. The molecule has 0 radical (unpaired) electrons. The summed E-state index contributed by atoms with van der Waals surface area (Å²) in [6.45, 7) is 4.76. The first-order chi connectivity index (χ1) is 31.4. The third kappa shape index (κ3) is 5.68. The molecular weight excluding hydrogens is 777 g/mol. The van der Waals surface area contributed by atoms with E-state index in [1.807, 2.05) is 42.5 Å². The lowest BCUT2D eigenvalue weighted by Crippen LogP contribution is -2.44. The van der Waals surface area contributed by atoms with Crippen LogP contribution in [0.25, 0.3) is 44.2 Å². The summed E-state index contributed by atoms with van der Waals surface area (Å²) < 4.78 is 0. The van der Waals surface area contributed by atoms with Crippen LogP contribution in [0.5, 0.6) is 0 Å². The first kappa shape index (κ1) is 37.9. The first-order valence-corrected chi connectivity index (χ1v) is 22.2. The quantitative estimate of drug-likeness (QED) is 0.182. The van der Waals surface area contributed by atoms with Gasteiger partial charge in [-0.05, 0) is 119 Å². The number of nitrogens with zero attached hydrogens (tertiary/aromatic N) is 2. The standard InChI is InChI=1S/C60H44N4/c1-59(2)52-20-10-12-22-54(52)60(55-23-13-11-21-53(55)59)50-19-9-8-18-48(50)49-36-43(32-35-51(49)60)45-34-33-44(46-16-6-7-17-47(45)46)39-28-30-42(31-29-39)58-63-56(40-14-4-3-5-15-40)62-57(64-58)41-26-24-38(37-61)25-27-41/h3-36,56,58,63H,1-2H3,(H,62,64). The SMILES string of the molecule is CC1(C)c2ccccc2C2(c3ccccc3-c3cc(-c4ccc(-c5ccc(C6NC(c7ccc(C#N)cc7)=NC(c7ccccc7)N6)cc5)c5ccccc45)ccc32)c2ccccc21. The predicted octanol–water partition coefficient (Wildman–Crippen LogP) is 13.4. The summed E-state index contributed by atoms with van der Waals surface area (Å²) in [5.41, 5.74) is 18.8. The Morgan fingerprint density at radius 2 is 0.984 bits per heavy atom. The van der Waals surface area contributed by atoms with E-state index in [1.54, 1.807) is 0 Å². The molecule has 1 spiro atoms. The van der Waals surface area contributed by atoms with Crippen molar-refractivity contribution in [3.05, 3.63) is 262 Å². The van der Waals surface area contributed by atoms with E-state index in [1.165, 1.54) is 72.0 Å². The van der Waals surface area contributed by atoms with Gasteiger partial charge in [0, 0.05) is 11.0 Å². The van der Waals surface area contributed by atoms with Crippen LogP contribution in [0.4, 0.5) is 0 Å². The van der Waals surface area contributed by atoms with Crippen LogP contribution >= 0.6 is 0 Å². The van der Waals surface area contributed by atoms with Gasteiger partial charge in [0.1, 0.15) is 18.2 Å². The van der Waals surface area contributed by atoms with Crippen LogP contribution in [-0.2, 0) is 10.8 Å². The molecule has 9 aromatic rings. The van der Waals surface area contributed by atoms with E-state index in [0.717, 1.165) is 28.1 Å². The lowest BCUT2D eigenvalue weighted by Gasteiger charge is -2.46. The zero-order chi connectivity index (χ0) is 43.0. The maximum absolute atomic E-state index is 9.41. The average Bonchev–Trinajstić information content (AvgIpc) is 3.66. The highest BCUT2D eigenvalue weighted by atomic mass is 15.3. The van der Waals surface area contributed by atoms with Gasteiger partial charge in [-0.1, -0.05) is 190 Å². The van der Waals surface area contributed by atoms with Gasteiger partial charge in [0.2, 0.25) is 0 Å². The number of rotatable bonds is 5. The van der Waals surface area contributed by atoms with Gasteiger partial charge in [0.05, 0.1) is 17.0 Å². The molecule has 2 N–H and O–H groups in total. The molecule has 0 fully saturated rings. The van der Waals surface area contributed by atoms with Crippen molar-refractivity contribution in [1.82, 2.24) is 10.6 Å². The topological polar surface area (TPSA) is 60.2 Å². The molecule has 0 aromatic heterocycles. The summed E-state index contributed by atoms with van der Waals surface area (Å²) in [6.07, 6.45) is -0.429. The molecule has 1 aliphatic heterocycles. The van der Waals surface area contributed by atoms with Crippen molar-refractivity contribution in [2.75, 3.05) is 0 Å². The summed E-state index contributed by atoms with van der Waals surface area (Å²) in [5, 5.41) is 19.2. The average molecular weight is 821 g/mol. The zero-order valence-electron chi connectivity index (χ0n) is 35.7. The summed E-state index contributed by atoms with van der Waals surface area (Å²) >= 11 is 0. The van der Waals surface area contributed by atoms with Crippen molar-refractivity contribution in [3.8, 4) is 39.4 Å². The number of amidine groups is 1. The largest absolute Gasteiger partial charge is 0.350 e. The fourth-order valence-corrected chi connectivity index (χ4v) is 11.1. The number of aliphatic imine (C=N–C) groups is 1. The van der Waals surface area contributed by atoms with Gasteiger partial charge < -0.3 is 5.32 Å². The van der Waals surface area contributed by atoms with Gasteiger partial charge in [-0.15, -0.1) is 0 Å². The predicted molar refractivity (Wildman–Crippen MR) is 260 cm³/mol. The van der Waals surface area contributed by atoms with Crippen LogP contribution < -0.4 is 10.6 Å². The van der Waals surface area contributed by atoms with Crippen molar-refractivity contribution in [2.24, 2.45) is 4.99 Å². The molecule has 0 saturated heterocycles. The van der Waals surface area contributed by atoms with Crippen LogP contribution in [0, 0.1) is 11.3 Å². The van der Waals surface area contributed by atoms with Crippen molar-refractivity contribution in [3.63, 3.8) is 0 Å². The Morgan fingerprint density at radius 1 is 0.453 bits per heavy atom. The fraction of sp³-hybridized carbons (Fsp3) is 0.100. The van der Waals surface area contributed by atoms with Gasteiger partial charge in [-0.2, -0.15) is 5.26 Å². The first-order valence-electron chi connectivity index (χ1n) is 22.2. The zero-order valence-corrected chi connectivity index (χ0v) is 35.7. The Hall–Kier alpha value is -7.84. The number of benzene rings is 9. The van der Waals surface area contributed by atoms with Gasteiger partial charge in [-0.25, -0.2) is 4.99 Å². The Morgan fingerprint density at radius 3 is 1.64 bits per heavy atom. The van der Waals surface area contributed by atoms with E-state index in [0.29, 0.717) is 5.56 Å². The number of nitrogens with one attached hydrogen (secondary N) is 2. The molecule has 2 aliphatic carbocycles. The summed E-state index contributed by atoms with van der Waals surface area (Å²) in [7, 11) is 0. The van der Waals surface area contributed by atoms with Crippen molar-refractivity contribution >= 4 is 16.6 Å². The molecule has 304 valence electrons. The third-order valence-electron chi connectivity index (χ3n) is 14.1. The molecule has 0 saturated carbocycles. The maximum atomic E-state index is 9.41. The third-order valence-corrected chi connectivity index (χ3v) is 14.1. The number of fused-ring (bicyclic) bond motifs is 10. The second-order valence-corrected chi connectivity index (χ2v) is 17.8. The normalized spacial score (nSPS) is 17.3. The van der Waals surface area contributed by atoms with E-state index in [9.17, 15) is 5.26 Å². The molecule has 1 heterocycles. The highest BCUT2D eigenvalue weighted by Crippen LogP contribution is 2.62. The Kier molecular flexibility index (Phi) is 8.66. The molecule has 9 aromatic carbocycles. The van der Waals surface area contributed by atoms with Gasteiger partial charge in [0.25, 0.3) is 0 Å². The van der Waals surface area contributed by atoms with Gasteiger partial charge >= 0.3 is 0 Å². The maximum Gasteiger partial charge on any atom is 0.131 e. The van der Waals surface area contributed by atoms with E-state index >= 15 is 0 Å². The fourth-order valence-electron chi connectivity index (χ4n) is 11.1. The molecule has 12 rings (SSSR count). The minimum Gasteiger partial charge on any atom is -0.350 e. The lowest BCUT2D eigenvalue weighted by atomic mass is 9.55. The molecular formula is C60H44N4. The van der Waals surface area contributed by atoms with Crippen LogP contribution in [0.1, 0.15) is 81.8 Å². The summed E-state index contributed by atoms with van der Waals surface area (Å²) in [4.78, 5) is 5.07. The van der Waals surface area contributed by atoms with Crippen LogP contribution in [0.3, 0.4) is 0 Å². The monoisotopic (exact) mass is 820 g/mol. The van der Waals surface area contributed by atoms with E-state index in [-0.39, 0.29) is 17.7 Å². The molecule has 3 aliphatic rings. The number of hydrogen-bond acceptors (Lipinski definition) is 4. The lowest BCUT2D eigenvalue weighted by molar-refractivity contribution is 0.409. The minimum absolute atomic E-state index is 0.127. The Balaban J connectivity index is 0.922. The second kappa shape index (κ2) is 14.6. The van der Waals surface area contributed by atoms with Crippen LogP contribution in [-0.4, -0.2) is 5.84 Å². The Bertz CT molecular complexity index is 3320. The van der Waals surface area contributed by atoms with Crippen molar-refractivity contribution in [1.29, 1.82) is 5.26 Å². The van der Waals surface area contributed by atoms with Gasteiger partial charge in [-0.3, -0.25) is 5.32 Å². The molecule has 0 amide bonds. The smallest absolute Gasteiger partial charge is 0.131 e. The second-order valence-electron chi connectivity index (χ2n) is 17.8. The molecule has 2 unspecified atom stereocenters. The minimum atomic E-state index is -0.408. The van der Waals surface area contributed by atoms with E-state index < -0.39 is 5.41 Å². The van der Waals surface area contributed by atoms with Crippen LogP contribution in [0.15, 0.2) is 211 Å². The summed E-state index contributed by atoms with van der Waals surface area (Å²) in [6, 6.07) is 77.1. The highest BCUT2D eigenvalue weighted by Gasteiger charge is 2.53. The molecule has 2 atom stereocenters. The Labute approximate surface area is 374 Å². The van der Waals surface area contributed by atoms with Gasteiger partial charge in [0.15, 0.2) is 0 Å². The summed E-state index contributed by atoms with van der Waals surface area (Å²) in [5.74, 6) is 0.787. The van der Waals surface area contributed by atoms with Crippen molar-refractivity contribution in [2.45, 2.75) is 37.0 Å². The molecule has 4 heteroatoms. The van der Waals surface area contributed by atoms with E-state index in [2.05, 4.69) is 194 Å². The van der Waals surface area contributed by atoms with Crippen molar-refractivity contribution < 1.29 is 0 Å². The number of hydrogen-bond donors (Lipinski definition) is 2. The number of nitriles is 1. The van der Waals surface area contributed by atoms with E-state index in [4.69, 9.17) is 4.99 Å². The molecule has 0 bridgehead atoms. The molecule has 4 nitrogen and oxygen atoms in total. The molecule has 64 heavy (non-hydrogen) atoms.